The molecule has 11 nitrogen and oxygen atoms in total. The number of hydrogen-bond acceptors (Lipinski definition) is 9. The van der Waals surface area contributed by atoms with E-state index < -0.39 is 29.8 Å². The van der Waals surface area contributed by atoms with Crippen LogP contribution in [0.1, 0.15) is 25.3 Å². The van der Waals surface area contributed by atoms with Gasteiger partial charge in [0.25, 0.3) is 0 Å². The van der Waals surface area contributed by atoms with Gasteiger partial charge in [0.15, 0.2) is 0 Å². The van der Waals surface area contributed by atoms with E-state index >= 15 is 0 Å². The zero-order valence-electron chi connectivity index (χ0n) is 21.2. The summed E-state index contributed by atoms with van der Waals surface area (Å²) in [6, 6.07) is 7.05. The molecular weight excluding hydrogens is 520 g/mol. The molecule has 1 atom stereocenters. The Labute approximate surface area is 225 Å². The van der Waals surface area contributed by atoms with Gasteiger partial charge in [-0.25, -0.2) is 19.2 Å². The quantitative estimate of drug-likeness (QED) is 0.138. The normalized spacial score (nSPS) is 15.1. The van der Waals surface area contributed by atoms with Gasteiger partial charge in [0, 0.05) is 29.4 Å². The summed E-state index contributed by atoms with van der Waals surface area (Å²) in [5.74, 6) is -4.07. The summed E-state index contributed by atoms with van der Waals surface area (Å²) in [5.41, 5.74) is 7.70. The fourth-order valence-electron chi connectivity index (χ4n) is 3.39. The number of carbonyl (C=O) groups excluding carboxylic acids is 2. The van der Waals surface area contributed by atoms with Crippen molar-refractivity contribution in [1.29, 1.82) is 0 Å². The lowest BCUT2D eigenvalue weighted by Crippen LogP contribution is -2.35. The van der Waals surface area contributed by atoms with Crippen LogP contribution in [-0.2, 0) is 33.4 Å². The first-order valence-corrected chi connectivity index (χ1v) is 11.8. The second kappa shape index (κ2) is 16.7. The van der Waals surface area contributed by atoms with Crippen LogP contribution in [0.2, 0.25) is 5.02 Å². The number of esters is 2. The largest absolute Gasteiger partial charge is 0.478 e. The molecule has 0 saturated heterocycles. The van der Waals surface area contributed by atoms with Crippen LogP contribution in [0.25, 0.3) is 0 Å². The Morgan fingerprint density at radius 1 is 1.05 bits per heavy atom. The molecule has 12 heteroatoms. The van der Waals surface area contributed by atoms with Gasteiger partial charge in [-0.2, -0.15) is 0 Å². The van der Waals surface area contributed by atoms with Crippen molar-refractivity contribution in [3.8, 4) is 0 Å². The standard InChI is InChI=1S/C20H25ClN2O5.C6H6O4/c1-4-28-20(25)18-15(11-27-10-9-22)23-12(2)16(19(24)26-3)17(18)13-7-5-6-8-14(13)21;7-5(8)3-1-2-4-6(9)10/h5-8,17,23H,4,9-11,22H2,1-3H3;1-4H,(H,7,8)(H,9,10)/b;3-1+,4-2+/t17-;/m0./s1. The minimum atomic E-state index is -1.10. The lowest BCUT2D eigenvalue weighted by atomic mass is 9.80. The van der Waals surface area contributed by atoms with Crippen molar-refractivity contribution >= 4 is 35.5 Å². The van der Waals surface area contributed by atoms with Gasteiger partial charge in [-0.15, -0.1) is 0 Å². The predicted octanol–water partition coefficient (Wildman–Crippen LogP) is 2.53. The van der Waals surface area contributed by atoms with Crippen LogP contribution in [0.4, 0.5) is 0 Å². The van der Waals surface area contributed by atoms with Crippen molar-refractivity contribution < 1.29 is 43.6 Å². The lowest BCUT2D eigenvalue weighted by molar-refractivity contribution is -0.139. The molecule has 1 heterocycles. The Hall–Kier alpha value is -3.93. The highest BCUT2D eigenvalue weighted by Crippen LogP contribution is 2.41. The first-order chi connectivity index (χ1) is 18.1. The molecular formula is C26H31ClN2O9. The van der Waals surface area contributed by atoms with Crippen molar-refractivity contribution in [1.82, 2.24) is 5.32 Å². The molecule has 0 spiro atoms. The average Bonchev–Trinajstić information content (AvgIpc) is 2.86. The number of nitrogens with two attached hydrogens (primary N) is 1. The van der Waals surface area contributed by atoms with Gasteiger partial charge < -0.3 is 35.5 Å². The van der Waals surface area contributed by atoms with E-state index in [0.29, 0.717) is 40.7 Å². The fourth-order valence-corrected chi connectivity index (χ4v) is 3.64. The third kappa shape index (κ3) is 9.85. The van der Waals surface area contributed by atoms with Crippen LogP contribution < -0.4 is 11.1 Å². The molecule has 206 valence electrons. The molecule has 38 heavy (non-hydrogen) atoms. The molecule has 0 bridgehead atoms. The maximum atomic E-state index is 12.9. The van der Waals surface area contributed by atoms with E-state index in [1.165, 1.54) is 7.11 Å². The number of hydrogen-bond donors (Lipinski definition) is 4. The zero-order valence-corrected chi connectivity index (χ0v) is 22.0. The SMILES string of the molecule is CCOC(=O)C1=C(COCCN)NC(C)=C(C(=O)OC)[C@@H]1c1ccccc1Cl.O=C(O)/C=C/C=C/C(=O)O. The molecule has 0 unspecified atom stereocenters. The Kier molecular flexibility index (Phi) is 14.1. The summed E-state index contributed by atoms with van der Waals surface area (Å²) >= 11 is 6.42. The Bertz CT molecular complexity index is 1120. The maximum Gasteiger partial charge on any atom is 0.336 e. The second-order valence-corrected chi connectivity index (χ2v) is 7.87. The minimum Gasteiger partial charge on any atom is -0.478 e. The Balaban J connectivity index is 0.000000612. The molecule has 0 fully saturated rings. The number of methoxy groups -OCH3 is 1. The number of benzene rings is 1. The number of allylic oxidation sites excluding steroid dienone is 3. The van der Waals surface area contributed by atoms with E-state index in [4.69, 9.17) is 41.8 Å². The van der Waals surface area contributed by atoms with Crippen LogP contribution in [-0.4, -0.2) is 67.6 Å². The van der Waals surface area contributed by atoms with Gasteiger partial charge in [-0.1, -0.05) is 42.0 Å². The summed E-state index contributed by atoms with van der Waals surface area (Å²) in [6.45, 7) is 4.42. The van der Waals surface area contributed by atoms with Crippen molar-refractivity contribution in [2.75, 3.05) is 33.5 Å². The minimum absolute atomic E-state index is 0.109. The number of carboxylic acids is 2. The van der Waals surface area contributed by atoms with Crippen LogP contribution in [0.3, 0.4) is 0 Å². The molecule has 0 radical (unpaired) electrons. The van der Waals surface area contributed by atoms with Crippen LogP contribution >= 0.6 is 11.6 Å². The highest BCUT2D eigenvalue weighted by molar-refractivity contribution is 6.31. The van der Waals surface area contributed by atoms with E-state index in [9.17, 15) is 19.2 Å². The molecule has 1 aliphatic rings. The van der Waals surface area contributed by atoms with E-state index in [0.717, 1.165) is 24.3 Å². The van der Waals surface area contributed by atoms with Crippen molar-refractivity contribution in [3.63, 3.8) is 0 Å². The number of aliphatic carboxylic acids is 2. The maximum absolute atomic E-state index is 12.9. The van der Waals surface area contributed by atoms with Gasteiger partial charge in [0.2, 0.25) is 0 Å². The molecule has 0 saturated carbocycles. The first-order valence-electron chi connectivity index (χ1n) is 11.4. The molecule has 1 aliphatic heterocycles. The smallest absolute Gasteiger partial charge is 0.336 e. The highest BCUT2D eigenvalue weighted by Gasteiger charge is 2.39. The molecule has 0 amide bonds. The van der Waals surface area contributed by atoms with Crippen molar-refractivity contribution in [2.24, 2.45) is 5.73 Å². The molecule has 0 aliphatic carbocycles. The second-order valence-electron chi connectivity index (χ2n) is 7.46. The lowest BCUT2D eigenvalue weighted by Gasteiger charge is -2.31. The molecule has 1 aromatic rings. The van der Waals surface area contributed by atoms with Gasteiger partial charge in [-0.3, -0.25) is 0 Å². The summed E-state index contributed by atoms with van der Waals surface area (Å²) in [4.78, 5) is 45.0. The van der Waals surface area contributed by atoms with Gasteiger partial charge in [-0.05, 0) is 25.5 Å². The number of halogens is 1. The van der Waals surface area contributed by atoms with Crippen molar-refractivity contribution in [2.45, 2.75) is 19.8 Å². The van der Waals surface area contributed by atoms with Gasteiger partial charge >= 0.3 is 23.9 Å². The van der Waals surface area contributed by atoms with E-state index in [1.807, 2.05) is 0 Å². The highest BCUT2D eigenvalue weighted by atomic mass is 35.5. The predicted molar refractivity (Wildman–Crippen MR) is 139 cm³/mol. The first kappa shape index (κ1) is 32.1. The molecule has 5 N–H and O–H groups in total. The van der Waals surface area contributed by atoms with E-state index in [2.05, 4.69) is 5.32 Å². The fraction of sp³-hybridized carbons (Fsp3) is 0.308. The summed E-state index contributed by atoms with van der Waals surface area (Å²) < 4.78 is 15.8. The summed E-state index contributed by atoms with van der Waals surface area (Å²) in [6.07, 6.45) is 3.96. The topological polar surface area (TPSA) is 174 Å². The van der Waals surface area contributed by atoms with Crippen molar-refractivity contribution in [3.05, 3.63) is 81.7 Å². The summed E-state index contributed by atoms with van der Waals surface area (Å²) in [7, 11) is 1.29. The number of dihydropyridines is 1. The number of rotatable bonds is 11. The van der Waals surface area contributed by atoms with E-state index in [1.54, 1.807) is 38.1 Å². The Morgan fingerprint density at radius 3 is 2.16 bits per heavy atom. The number of carbonyl (C=O) groups is 4. The zero-order chi connectivity index (χ0) is 28.7. The third-order valence-corrected chi connectivity index (χ3v) is 5.20. The monoisotopic (exact) mass is 550 g/mol. The van der Waals surface area contributed by atoms with Gasteiger partial charge in [0.05, 0.1) is 49.7 Å². The Morgan fingerprint density at radius 2 is 1.66 bits per heavy atom. The van der Waals surface area contributed by atoms with Gasteiger partial charge in [0.1, 0.15) is 0 Å². The third-order valence-electron chi connectivity index (χ3n) is 4.86. The molecule has 2 rings (SSSR count). The number of nitrogens with one attached hydrogen (secondary N) is 1. The molecule has 1 aromatic carbocycles. The summed E-state index contributed by atoms with van der Waals surface area (Å²) in [5, 5.41) is 19.5. The van der Waals surface area contributed by atoms with E-state index in [-0.39, 0.29) is 18.8 Å². The number of ether oxygens (including phenoxy) is 3. The van der Waals surface area contributed by atoms with Crippen LogP contribution in [0.5, 0.6) is 0 Å². The average molecular weight is 551 g/mol. The molecule has 0 aromatic heterocycles. The van der Waals surface area contributed by atoms with Crippen LogP contribution in [0.15, 0.2) is 71.1 Å². The van der Waals surface area contributed by atoms with Crippen LogP contribution in [0, 0.1) is 0 Å². The number of carboxylic acid groups (broad SMARTS) is 2.